The number of aliphatic hydroxyl groups excluding tert-OH is 2. The molecular formula is C56H77N7O9S2. The molecule has 402 valence electrons. The summed E-state index contributed by atoms with van der Waals surface area (Å²) < 4.78 is 0. The van der Waals surface area contributed by atoms with Gasteiger partial charge < -0.3 is 47.1 Å². The van der Waals surface area contributed by atoms with Crippen LogP contribution in [0.4, 0.5) is 0 Å². The maximum atomic E-state index is 15.0. The standard InChI is InChI=1S/C56H77N7O9S2/c1-8-10-11-12-17-45-53(69)63-50(37(7)65)56(72)62-48(55(71)58-35(5)36(6)64)32-74-73-31-47(61-51(67)40(9-2)26-38-22-18-33(3)19-23-38)49(66)29-41(27-39-24-20-34(4)21-25-39)52(68)60-46(54(70)59-45)28-42-30-57-44-16-14-13-15-43(42)44/h13-16,18-25,30,35-37,40-41,45-48,50,57,64-65H,8-12,17,26-29,31-32H2,1-7H3,(H,58,71)(H,59,70)(H,60,68)(H,61,67)(H,62,72)(H,63,69). The van der Waals surface area contributed by atoms with Crippen molar-refractivity contribution in [3.8, 4) is 0 Å². The molecule has 9 N–H and O–H groups in total. The van der Waals surface area contributed by atoms with Gasteiger partial charge in [-0.3, -0.25) is 33.6 Å². The molecule has 0 spiro atoms. The summed E-state index contributed by atoms with van der Waals surface area (Å²) in [6.07, 6.45) is 3.29. The summed E-state index contributed by atoms with van der Waals surface area (Å²) in [6, 6.07) is 15.9. The Kier molecular flexibility index (Phi) is 23.5. The molecule has 16 nitrogen and oxygen atoms in total. The number of fused-ring (bicyclic) bond motifs is 1. The van der Waals surface area contributed by atoms with Crippen LogP contribution in [0, 0.1) is 25.7 Å². The van der Waals surface area contributed by atoms with Crippen LogP contribution in [0.15, 0.2) is 79.0 Å². The average Bonchev–Trinajstić information content (AvgIpc) is 3.78. The van der Waals surface area contributed by atoms with Crippen LogP contribution in [0.25, 0.3) is 10.9 Å². The first kappa shape index (κ1) is 59.2. The third-order valence-corrected chi connectivity index (χ3v) is 16.1. The molecule has 2 heterocycles. The van der Waals surface area contributed by atoms with E-state index in [1.165, 1.54) is 24.6 Å². The molecule has 74 heavy (non-hydrogen) atoms. The van der Waals surface area contributed by atoms with E-state index in [1.54, 1.807) is 13.1 Å². The number of hydrogen-bond acceptors (Lipinski definition) is 11. The predicted octanol–water partition coefficient (Wildman–Crippen LogP) is 5.47. The smallest absolute Gasteiger partial charge is 0.245 e. The maximum Gasteiger partial charge on any atom is 0.245 e. The number of nitrogens with one attached hydrogen (secondary N) is 7. The largest absolute Gasteiger partial charge is 0.391 e. The molecule has 10 atom stereocenters. The van der Waals surface area contributed by atoms with Crippen LogP contribution >= 0.6 is 21.6 Å². The number of benzene rings is 3. The summed E-state index contributed by atoms with van der Waals surface area (Å²) in [4.78, 5) is 104. The van der Waals surface area contributed by atoms with Crippen molar-refractivity contribution in [2.45, 2.75) is 161 Å². The van der Waals surface area contributed by atoms with Crippen LogP contribution in [-0.4, -0.2) is 116 Å². The van der Waals surface area contributed by atoms with Gasteiger partial charge in [0, 0.05) is 53.3 Å². The van der Waals surface area contributed by atoms with E-state index in [-0.39, 0.29) is 43.1 Å². The first-order chi connectivity index (χ1) is 35.4. The van der Waals surface area contributed by atoms with Crippen molar-refractivity contribution in [1.29, 1.82) is 0 Å². The Morgan fingerprint density at radius 3 is 2.00 bits per heavy atom. The first-order valence-corrected chi connectivity index (χ1v) is 28.5. The number of aliphatic hydroxyl groups is 2. The molecule has 6 amide bonds. The lowest BCUT2D eigenvalue weighted by molar-refractivity contribution is -0.137. The Bertz CT molecular complexity index is 2500. The molecule has 1 aliphatic rings. The van der Waals surface area contributed by atoms with E-state index >= 15 is 0 Å². The summed E-state index contributed by atoms with van der Waals surface area (Å²) in [5.41, 5.74) is 5.34. The number of aromatic amines is 1. The molecule has 4 aromatic rings. The number of Topliss-reactive ketones (excluding diaryl/α,β-unsaturated/α-hetero) is 1. The Labute approximate surface area is 443 Å². The van der Waals surface area contributed by atoms with Gasteiger partial charge in [0.15, 0.2) is 5.78 Å². The van der Waals surface area contributed by atoms with Crippen molar-refractivity contribution in [3.63, 3.8) is 0 Å². The fourth-order valence-corrected chi connectivity index (χ4v) is 11.1. The lowest BCUT2D eigenvalue weighted by atomic mass is 9.90. The Balaban J connectivity index is 1.58. The molecule has 0 saturated carbocycles. The zero-order valence-corrected chi connectivity index (χ0v) is 45.5. The number of para-hydroxylation sites is 1. The molecule has 0 bridgehead atoms. The Hall–Kier alpha value is -5.69. The third-order valence-electron chi connectivity index (χ3n) is 13.6. The van der Waals surface area contributed by atoms with Gasteiger partial charge in [-0.25, -0.2) is 0 Å². The van der Waals surface area contributed by atoms with Crippen molar-refractivity contribution in [2.24, 2.45) is 11.8 Å². The van der Waals surface area contributed by atoms with Crippen molar-refractivity contribution in [3.05, 3.63) is 107 Å². The van der Waals surface area contributed by atoms with Crippen molar-refractivity contribution >= 4 is 73.7 Å². The molecule has 0 aliphatic carbocycles. The number of ketones is 1. The topological polar surface area (TPSA) is 248 Å². The SMILES string of the molecule is CCCCCCC1NC(=O)C(Cc2c[nH]c3ccccc23)NC(=O)C(Cc2ccc(C)cc2)CC(=O)C(NC(=O)C(CC)Cc2ccc(C)cc2)CSSCC(C(=O)NC(C)C(C)O)NC(=O)C(C(C)O)NC1=O. The highest BCUT2D eigenvalue weighted by Gasteiger charge is 2.36. The number of rotatable bonds is 18. The fraction of sp³-hybridized carbons (Fsp3) is 0.518. The van der Waals surface area contributed by atoms with E-state index in [9.17, 15) is 43.8 Å². The Morgan fingerprint density at radius 1 is 0.716 bits per heavy atom. The predicted molar refractivity (Wildman–Crippen MR) is 293 cm³/mol. The van der Waals surface area contributed by atoms with E-state index in [4.69, 9.17) is 0 Å². The number of amides is 6. The molecule has 18 heteroatoms. The lowest BCUT2D eigenvalue weighted by Gasteiger charge is -2.29. The summed E-state index contributed by atoms with van der Waals surface area (Å²) in [5.74, 6) is -5.87. The highest BCUT2D eigenvalue weighted by Crippen LogP contribution is 2.27. The van der Waals surface area contributed by atoms with Gasteiger partial charge in [0.05, 0.1) is 24.3 Å². The van der Waals surface area contributed by atoms with Crippen molar-refractivity contribution in [1.82, 2.24) is 36.9 Å². The average molecular weight is 1060 g/mol. The number of carbonyl (C=O) groups is 7. The van der Waals surface area contributed by atoms with E-state index < -0.39 is 95.6 Å². The van der Waals surface area contributed by atoms with Crippen LogP contribution in [0.5, 0.6) is 0 Å². The molecule has 10 unspecified atom stereocenters. The highest BCUT2D eigenvalue weighted by atomic mass is 33.1. The summed E-state index contributed by atoms with van der Waals surface area (Å²) in [7, 11) is 2.34. The molecule has 3 aromatic carbocycles. The van der Waals surface area contributed by atoms with Crippen LogP contribution < -0.4 is 31.9 Å². The molecule has 0 radical (unpaired) electrons. The van der Waals surface area contributed by atoms with Crippen molar-refractivity contribution < 1.29 is 43.8 Å². The van der Waals surface area contributed by atoms with E-state index in [0.29, 0.717) is 24.8 Å². The first-order valence-electron chi connectivity index (χ1n) is 26.0. The minimum atomic E-state index is -1.57. The van der Waals surface area contributed by atoms with Crippen LogP contribution in [0.2, 0.25) is 0 Å². The number of unbranched alkanes of at least 4 members (excludes halogenated alkanes) is 3. The second-order valence-corrected chi connectivity index (χ2v) is 22.4. The summed E-state index contributed by atoms with van der Waals surface area (Å²) in [6.45, 7) is 12.3. The zero-order valence-electron chi connectivity index (χ0n) is 43.8. The lowest BCUT2D eigenvalue weighted by Crippen LogP contribution is -2.61. The summed E-state index contributed by atoms with van der Waals surface area (Å²) in [5, 5.41) is 39.0. The van der Waals surface area contributed by atoms with Gasteiger partial charge in [0.2, 0.25) is 35.4 Å². The highest BCUT2D eigenvalue weighted by molar-refractivity contribution is 8.76. The van der Waals surface area contributed by atoms with Gasteiger partial charge in [-0.2, -0.15) is 0 Å². The number of carbonyl (C=O) groups excluding carboxylic acids is 7. The van der Waals surface area contributed by atoms with Crippen molar-refractivity contribution in [2.75, 3.05) is 11.5 Å². The molecular weight excluding hydrogens is 979 g/mol. The second-order valence-electron chi connectivity index (χ2n) is 19.8. The summed E-state index contributed by atoms with van der Waals surface area (Å²) >= 11 is 0. The zero-order chi connectivity index (χ0) is 53.9. The monoisotopic (exact) mass is 1060 g/mol. The van der Waals surface area contributed by atoms with E-state index in [1.807, 2.05) is 100 Å². The van der Waals surface area contributed by atoms with Gasteiger partial charge in [0.1, 0.15) is 24.2 Å². The minimum Gasteiger partial charge on any atom is -0.391 e. The number of aryl methyl sites for hydroxylation is 2. The van der Waals surface area contributed by atoms with Gasteiger partial charge in [-0.05, 0) is 83.1 Å². The maximum absolute atomic E-state index is 15.0. The van der Waals surface area contributed by atoms with Gasteiger partial charge >= 0.3 is 0 Å². The molecule has 1 saturated heterocycles. The fourth-order valence-electron chi connectivity index (χ4n) is 8.70. The van der Waals surface area contributed by atoms with Crippen LogP contribution in [0.1, 0.15) is 107 Å². The van der Waals surface area contributed by atoms with Gasteiger partial charge in [-0.15, -0.1) is 0 Å². The third kappa shape index (κ3) is 18.0. The molecule has 5 rings (SSSR count). The van der Waals surface area contributed by atoms with Crippen LogP contribution in [-0.2, 0) is 52.8 Å². The quantitative estimate of drug-likeness (QED) is 0.0447. The minimum absolute atomic E-state index is 0.00126. The molecule has 1 fully saturated rings. The van der Waals surface area contributed by atoms with E-state index in [2.05, 4.69) is 36.9 Å². The van der Waals surface area contributed by atoms with Gasteiger partial charge in [-0.1, -0.05) is 139 Å². The molecule has 1 aromatic heterocycles. The second kappa shape index (κ2) is 29.4. The molecule has 1 aliphatic heterocycles. The normalized spacial score (nSPS) is 22.5. The van der Waals surface area contributed by atoms with E-state index in [0.717, 1.165) is 63.2 Å². The number of H-pyrrole nitrogens is 1. The van der Waals surface area contributed by atoms with Gasteiger partial charge in [0.25, 0.3) is 0 Å². The number of hydrogen-bond donors (Lipinski definition) is 9. The number of aromatic nitrogens is 1. The Morgan fingerprint density at radius 2 is 1.35 bits per heavy atom. The van der Waals surface area contributed by atoms with Crippen LogP contribution in [0.3, 0.4) is 0 Å².